The number of hydrogen-bond acceptors (Lipinski definition) is 5. The quantitative estimate of drug-likeness (QED) is 0.0904. The van der Waals surface area contributed by atoms with E-state index in [1.165, 1.54) is 113 Å². The van der Waals surface area contributed by atoms with Gasteiger partial charge in [0.1, 0.15) is 0 Å². The molecule has 0 saturated heterocycles. The van der Waals surface area contributed by atoms with Crippen LogP contribution in [0.15, 0.2) is 72.8 Å². The lowest BCUT2D eigenvalue weighted by Gasteiger charge is -2.07. The van der Waals surface area contributed by atoms with Crippen molar-refractivity contribution in [2.24, 2.45) is 0 Å². The topological polar surface area (TPSA) is 17.1 Å². The normalized spacial score (nSPS) is 12.2. The molecule has 0 amide bonds. The lowest BCUT2D eigenvalue weighted by atomic mass is 9.98. The predicted molar refractivity (Wildman–Crippen MR) is 223 cm³/mol. The molecule has 0 radical (unpaired) electrons. The van der Waals surface area contributed by atoms with Crippen molar-refractivity contribution < 1.29 is 4.79 Å². The molecule has 4 heterocycles. The molecule has 1 nitrogen and oxygen atoms in total. The molecule has 0 bridgehead atoms. The highest BCUT2D eigenvalue weighted by Gasteiger charge is 2.29. The van der Waals surface area contributed by atoms with Gasteiger partial charge in [0, 0.05) is 50.1 Å². The van der Waals surface area contributed by atoms with Gasteiger partial charge in [-0.3, -0.25) is 4.79 Å². The van der Waals surface area contributed by atoms with Crippen molar-refractivity contribution in [3.8, 4) is 51.5 Å². The highest BCUT2D eigenvalue weighted by Crippen LogP contribution is 2.47. The van der Waals surface area contributed by atoms with E-state index >= 15 is 0 Å². The van der Waals surface area contributed by atoms with Crippen molar-refractivity contribution in [2.45, 2.75) is 105 Å². The molecule has 6 aromatic rings. The van der Waals surface area contributed by atoms with E-state index < -0.39 is 0 Å². The van der Waals surface area contributed by atoms with Crippen LogP contribution in [-0.2, 0) is 25.7 Å². The summed E-state index contributed by atoms with van der Waals surface area (Å²) in [5.41, 5.74) is 9.06. The van der Waals surface area contributed by atoms with Crippen LogP contribution < -0.4 is 0 Å². The van der Waals surface area contributed by atoms with Gasteiger partial charge in [-0.2, -0.15) is 0 Å². The number of hydrogen-bond donors (Lipinski definition) is 0. The average molecular weight is 733 g/mol. The second-order valence-corrected chi connectivity index (χ2v) is 18.1. The number of thiophene rings is 4. The minimum absolute atomic E-state index is 0.165. The molecule has 0 N–H and O–H groups in total. The number of carbonyl (C=O) groups is 1. The fourth-order valence-corrected chi connectivity index (χ4v) is 11.7. The second-order valence-electron chi connectivity index (χ2n) is 13.6. The highest BCUT2D eigenvalue weighted by molar-refractivity contribution is 7.24. The third kappa shape index (κ3) is 7.30. The molecule has 5 heteroatoms. The van der Waals surface area contributed by atoms with E-state index in [1.54, 1.807) is 0 Å². The molecule has 0 unspecified atom stereocenters. The Hall–Kier alpha value is -3.09. The molecule has 0 spiro atoms. The minimum Gasteiger partial charge on any atom is -0.289 e. The van der Waals surface area contributed by atoms with Gasteiger partial charge in [0.25, 0.3) is 0 Å². The van der Waals surface area contributed by atoms with E-state index in [-0.39, 0.29) is 5.78 Å². The predicted octanol–water partition coefficient (Wildman–Crippen LogP) is 15.2. The fourth-order valence-electron chi connectivity index (χ4n) is 7.21. The summed E-state index contributed by atoms with van der Waals surface area (Å²) >= 11 is 7.63. The summed E-state index contributed by atoms with van der Waals surface area (Å²) in [5.74, 6) is 0.165. The molecule has 0 fully saturated rings. The molecule has 1 aliphatic carbocycles. The Morgan fingerprint density at radius 2 is 0.900 bits per heavy atom. The summed E-state index contributed by atoms with van der Waals surface area (Å²) in [6.45, 7) is 9.01. The van der Waals surface area contributed by atoms with Crippen LogP contribution >= 0.6 is 45.3 Å². The molecule has 4 aromatic heterocycles. The first-order valence-corrected chi connectivity index (χ1v) is 22.0. The Morgan fingerprint density at radius 1 is 0.440 bits per heavy atom. The van der Waals surface area contributed by atoms with Crippen LogP contribution in [0.5, 0.6) is 0 Å². The van der Waals surface area contributed by atoms with Crippen molar-refractivity contribution in [2.75, 3.05) is 0 Å². The maximum atomic E-state index is 14.2. The van der Waals surface area contributed by atoms with Gasteiger partial charge in [-0.25, -0.2) is 0 Å². The molecule has 1 aliphatic rings. The first-order valence-electron chi connectivity index (χ1n) is 18.8. The molecule has 258 valence electrons. The van der Waals surface area contributed by atoms with E-state index in [4.69, 9.17) is 0 Å². The minimum atomic E-state index is 0.165. The van der Waals surface area contributed by atoms with Gasteiger partial charge in [-0.15, -0.1) is 45.3 Å². The first-order chi connectivity index (χ1) is 24.5. The summed E-state index contributed by atoms with van der Waals surface area (Å²) in [7, 11) is 0. The molecule has 0 aliphatic heterocycles. The van der Waals surface area contributed by atoms with Crippen LogP contribution in [-0.4, -0.2) is 5.78 Å². The number of fused-ring (bicyclic) bond motifs is 3. The Balaban J connectivity index is 1.21. The first kappa shape index (κ1) is 35.3. The lowest BCUT2D eigenvalue weighted by Crippen LogP contribution is -1.96. The third-order valence-electron chi connectivity index (χ3n) is 10.1. The lowest BCUT2D eigenvalue weighted by molar-refractivity contribution is 0.104. The van der Waals surface area contributed by atoms with Crippen LogP contribution in [0, 0.1) is 0 Å². The Labute approximate surface area is 315 Å². The standard InChI is InChI=1S/C45H48OS4/c1-5-9-11-13-15-29-27-41(39-23-19-33(7-3)47-39)49-44(29)31-17-21-35-36-22-18-32(26-38(36)43(46)37(35)25-31)45-30(16-14-12-10-6-2)28-42(50-45)40-24-20-34(8-4)48-40/h17-28H,5-16H2,1-4H3. The van der Waals surface area contributed by atoms with Crippen LogP contribution in [0.3, 0.4) is 0 Å². The largest absolute Gasteiger partial charge is 0.289 e. The fraction of sp³-hybridized carbons (Fsp3) is 0.356. The van der Waals surface area contributed by atoms with Crippen molar-refractivity contribution in [3.63, 3.8) is 0 Å². The summed E-state index contributed by atoms with van der Waals surface area (Å²) in [5, 5.41) is 0. The molecular formula is C45H48OS4. The van der Waals surface area contributed by atoms with E-state index in [1.807, 2.05) is 45.3 Å². The smallest absolute Gasteiger partial charge is 0.194 e. The van der Waals surface area contributed by atoms with E-state index in [9.17, 15) is 4.79 Å². The van der Waals surface area contributed by atoms with E-state index in [0.29, 0.717) is 0 Å². The number of unbranched alkanes of at least 4 members (excludes halogenated alkanes) is 6. The van der Waals surface area contributed by atoms with Crippen LogP contribution in [0.4, 0.5) is 0 Å². The number of rotatable bonds is 16. The molecule has 7 rings (SSSR count). The van der Waals surface area contributed by atoms with Gasteiger partial charge < -0.3 is 0 Å². The zero-order chi connectivity index (χ0) is 34.6. The van der Waals surface area contributed by atoms with Gasteiger partial charge in [0.15, 0.2) is 5.78 Å². The molecular weight excluding hydrogens is 685 g/mol. The van der Waals surface area contributed by atoms with Crippen LogP contribution in [0.2, 0.25) is 0 Å². The molecule has 50 heavy (non-hydrogen) atoms. The van der Waals surface area contributed by atoms with Gasteiger partial charge in [-0.1, -0.05) is 90.5 Å². The summed E-state index contributed by atoms with van der Waals surface area (Å²) in [6, 6.07) is 27.3. The maximum Gasteiger partial charge on any atom is 0.194 e. The zero-order valence-corrected chi connectivity index (χ0v) is 33.2. The third-order valence-corrected chi connectivity index (χ3v) is 15.4. The van der Waals surface area contributed by atoms with Crippen molar-refractivity contribution in [1.29, 1.82) is 0 Å². The van der Waals surface area contributed by atoms with E-state index in [0.717, 1.165) is 47.9 Å². The van der Waals surface area contributed by atoms with E-state index in [2.05, 4.69) is 100 Å². The summed E-state index contributed by atoms with van der Waals surface area (Å²) < 4.78 is 0. The molecule has 2 aromatic carbocycles. The highest BCUT2D eigenvalue weighted by atomic mass is 32.1. The zero-order valence-electron chi connectivity index (χ0n) is 30.0. The summed E-state index contributed by atoms with van der Waals surface area (Å²) in [6.07, 6.45) is 14.3. The SMILES string of the molecule is CCCCCCc1cc(-c2ccc(CC)s2)sc1-c1ccc2c(c1)C(=O)c1cc(-c3sc(-c4ccc(CC)s4)cc3CCCCCC)ccc1-2. The van der Waals surface area contributed by atoms with Crippen molar-refractivity contribution >= 4 is 51.1 Å². The van der Waals surface area contributed by atoms with Gasteiger partial charge in [0.2, 0.25) is 0 Å². The van der Waals surface area contributed by atoms with Gasteiger partial charge in [-0.05, 0) is 120 Å². The summed E-state index contributed by atoms with van der Waals surface area (Å²) in [4.78, 5) is 25.2. The average Bonchev–Trinajstić information content (AvgIpc) is 3.98. The Morgan fingerprint density at radius 3 is 1.30 bits per heavy atom. The Kier molecular flexibility index (Phi) is 11.4. The number of aryl methyl sites for hydroxylation is 4. The van der Waals surface area contributed by atoms with Crippen LogP contribution in [0.25, 0.3) is 51.5 Å². The Bertz CT molecular complexity index is 1950. The van der Waals surface area contributed by atoms with Crippen molar-refractivity contribution in [3.05, 3.63) is 105 Å². The van der Waals surface area contributed by atoms with Gasteiger partial charge in [0.05, 0.1) is 0 Å². The van der Waals surface area contributed by atoms with Crippen LogP contribution in [0.1, 0.15) is 116 Å². The second kappa shape index (κ2) is 16.1. The molecule has 0 atom stereocenters. The number of benzene rings is 2. The van der Waals surface area contributed by atoms with Gasteiger partial charge >= 0.3 is 0 Å². The number of ketones is 1. The monoisotopic (exact) mass is 732 g/mol. The van der Waals surface area contributed by atoms with Crippen molar-refractivity contribution in [1.82, 2.24) is 0 Å². The molecule has 0 saturated carbocycles. The number of carbonyl (C=O) groups excluding carboxylic acids is 1. The maximum absolute atomic E-state index is 14.2.